The molecule has 2 aliphatic heterocycles. The van der Waals surface area contributed by atoms with Crippen molar-refractivity contribution in [3.63, 3.8) is 0 Å². The summed E-state index contributed by atoms with van der Waals surface area (Å²) in [7, 11) is 0. The van der Waals surface area contributed by atoms with E-state index in [0.717, 1.165) is 37.4 Å². The summed E-state index contributed by atoms with van der Waals surface area (Å²) in [5.74, 6) is 1.12. The van der Waals surface area contributed by atoms with Crippen molar-refractivity contribution in [1.82, 2.24) is 14.9 Å². The fourth-order valence-corrected chi connectivity index (χ4v) is 2.36. The smallest absolute Gasteiger partial charge is 0.271 e. The van der Waals surface area contributed by atoms with Crippen molar-refractivity contribution in [2.75, 3.05) is 6.54 Å². The summed E-state index contributed by atoms with van der Waals surface area (Å²) in [6.45, 7) is 1.81. The third-order valence-electron chi connectivity index (χ3n) is 3.05. The van der Waals surface area contributed by atoms with Gasteiger partial charge < -0.3 is 9.88 Å². The molecule has 0 saturated heterocycles. The molecule has 0 atom stereocenters. The second kappa shape index (κ2) is 2.83. The number of fused-ring (bicyclic) bond motifs is 3. The van der Waals surface area contributed by atoms with Gasteiger partial charge in [0.1, 0.15) is 11.5 Å². The highest BCUT2D eigenvalue weighted by Gasteiger charge is 2.26. The summed E-state index contributed by atoms with van der Waals surface area (Å²) < 4.78 is 2.25. The summed E-state index contributed by atoms with van der Waals surface area (Å²) in [5, 5.41) is 2.83. The number of nitrogens with one attached hydrogen (secondary N) is 1. The van der Waals surface area contributed by atoms with Crippen LogP contribution in [-0.2, 0) is 19.4 Å². The molecule has 0 unspecified atom stereocenters. The van der Waals surface area contributed by atoms with Gasteiger partial charge in [-0.15, -0.1) is 0 Å². The summed E-state index contributed by atoms with van der Waals surface area (Å²) in [6.07, 6.45) is 4.39. The van der Waals surface area contributed by atoms with E-state index in [1.54, 1.807) is 0 Å². The second-order valence-electron chi connectivity index (χ2n) is 3.94. The highest BCUT2D eigenvalue weighted by Crippen LogP contribution is 2.21. The Morgan fingerprint density at radius 2 is 2.21 bits per heavy atom. The Morgan fingerprint density at radius 1 is 1.29 bits per heavy atom. The number of imidazole rings is 1. The molecule has 74 valence electrons. The van der Waals surface area contributed by atoms with E-state index in [1.165, 1.54) is 12.8 Å². The minimum absolute atomic E-state index is 0.00755. The molecule has 0 bridgehead atoms. The lowest BCUT2D eigenvalue weighted by Gasteiger charge is -2.18. The van der Waals surface area contributed by atoms with Crippen molar-refractivity contribution in [3.8, 4) is 0 Å². The Kier molecular flexibility index (Phi) is 1.63. The van der Waals surface area contributed by atoms with Crippen molar-refractivity contribution in [3.05, 3.63) is 17.2 Å². The normalized spacial score (nSPS) is 19.9. The third-order valence-corrected chi connectivity index (χ3v) is 3.05. The number of carbonyl (C=O) groups excluding carboxylic acids is 1. The standard InChI is InChI=1S/C10H13N3O/c14-10-9-7(4-5-11-10)13-6-2-1-3-8(13)12-9/h1-6H2,(H,11,14). The Balaban J connectivity index is 2.15. The number of rotatable bonds is 0. The average molecular weight is 191 g/mol. The molecular weight excluding hydrogens is 178 g/mol. The zero-order valence-corrected chi connectivity index (χ0v) is 8.05. The van der Waals surface area contributed by atoms with Gasteiger partial charge in [-0.25, -0.2) is 4.98 Å². The van der Waals surface area contributed by atoms with Gasteiger partial charge in [-0.3, -0.25) is 4.79 Å². The van der Waals surface area contributed by atoms with Crippen LogP contribution in [0.4, 0.5) is 0 Å². The molecule has 0 fully saturated rings. The molecule has 3 rings (SSSR count). The van der Waals surface area contributed by atoms with E-state index in [0.29, 0.717) is 5.69 Å². The molecule has 0 spiro atoms. The summed E-state index contributed by atoms with van der Waals surface area (Å²) in [6, 6.07) is 0. The van der Waals surface area contributed by atoms with Crippen LogP contribution < -0.4 is 5.32 Å². The molecule has 3 heterocycles. The van der Waals surface area contributed by atoms with Crippen LogP contribution in [0.1, 0.15) is 34.8 Å². The van der Waals surface area contributed by atoms with Crippen molar-refractivity contribution in [1.29, 1.82) is 0 Å². The molecule has 0 radical (unpaired) electrons. The zero-order chi connectivity index (χ0) is 9.54. The minimum Gasteiger partial charge on any atom is -0.350 e. The lowest BCUT2D eigenvalue weighted by atomic mass is 10.1. The number of hydrogen-bond donors (Lipinski definition) is 1. The van der Waals surface area contributed by atoms with Crippen molar-refractivity contribution in [2.45, 2.75) is 32.2 Å². The Labute approximate surface area is 82.3 Å². The number of hydrogen-bond acceptors (Lipinski definition) is 2. The fraction of sp³-hybridized carbons (Fsp3) is 0.600. The summed E-state index contributed by atoms with van der Waals surface area (Å²) in [5.41, 5.74) is 1.83. The molecule has 2 aliphatic rings. The molecular formula is C10H13N3O. The van der Waals surface area contributed by atoms with Crippen LogP contribution in [0.25, 0.3) is 0 Å². The molecule has 0 aliphatic carbocycles. The SMILES string of the molecule is O=C1NCCc2c1nc1n2CCCC1. The highest BCUT2D eigenvalue weighted by atomic mass is 16.2. The highest BCUT2D eigenvalue weighted by molar-refractivity contribution is 5.94. The molecule has 1 aromatic heterocycles. The first-order valence-electron chi connectivity index (χ1n) is 5.23. The molecule has 4 nitrogen and oxygen atoms in total. The molecule has 1 amide bonds. The van der Waals surface area contributed by atoms with Crippen LogP contribution in [0.5, 0.6) is 0 Å². The van der Waals surface area contributed by atoms with Crippen molar-refractivity contribution >= 4 is 5.91 Å². The quantitative estimate of drug-likeness (QED) is 0.649. The molecule has 14 heavy (non-hydrogen) atoms. The van der Waals surface area contributed by atoms with Crippen LogP contribution in [0, 0.1) is 0 Å². The maximum absolute atomic E-state index is 11.5. The molecule has 1 N–H and O–H groups in total. The van der Waals surface area contributed by atoms with Crippen LogP contribution in [0.15, 0.2) is 0 Å². The summed E-state index contributed by atoms with van der Waals surface area (Å²) >= 11 is 0. The molecule has 0 aromatic carbocycles. The van der Waals surface area contributed by atoms with Gasteiger partial charge in [0, 0.05) is 25.9 Å². The topological polar surface area (TPSA) is 46.9 Å². The van der Waals surface area contributed by atoms with Crippen LogP contribution in [-0.4, -0.2) is 22.0 Å². The number of aryl methyl sites for hydroxylation is 1. The first-order valence-corrected chi connectivity index (χ1v) is 5.23. The lowest BCUT2D eigenvalue weighted by Crippen LogP contribution is -2.32. The Hall–Kier alpha value is -1.32. The van der Waals surface area contributed by atoms with Crippen molar-refractivity contribution in [2.24, 2.45) is 0 Å². The van der Waals surface area contributed by atoms with Crippen LogP contribution in [0.2, 0.25) is 0 Å². The lowest BCUT2D eigenvalue weighted by molar-refractivity contribution is 0.0940. The van der Waals surface area contributed by atoms with Gasteiger partial charge in [-0.2, -0.15) is 0 Å². The van der Waals surface area contributed by atoms with Crippen LogP contribution >= 0.6 is 0 Å². The Bertz CT molecular complexity index is 394. The van der Waals surface area contributed by atoms with Gasteiger partial charge in [0.05, 0.1) is 5.69 Å². The Morgan fingerprint density at radius 3 is 3.14 bits per heavy atom. The predicted octanol–water partition coefficient (Wildman–Crippen LogP) is 0.505. The first-order chi connectivity index (χ1) is 6.86. The number of aromatic nitrogens is 2. The number of carbonyl (C=O) groups is 1. The van der Waals surface area contributed by atoms with E-state index < -0.39 is 0 Å². The zero-order valence-electron chi connectivity index (χ0n) is 8.05. The average Bonchev–Trinajstić information content (AvgIpc) is 2.59. The van der Waals surface area contributed by atoms with Gasteiger partial charge in [0.15, 0.2) is 0 Å². The minimum atomic E-state index is 0.00755. The van der Waals surface area contributed by atoms with E-state index in [2.05, 4.69) is 14.9 Å². The van der Waals surface area contributed by atoms with E-state index in [-0.39, 0.29) is 5.91 Å². The summed E-state index contributed by atoms with van der Waals surface area (Å²) in [4.78, 5) is 15.9. The van der Waals surface area contributed by atoms with Gasteiger partial charge in [-0.1, -0.05) is 0 Å². The first kappa shape index (κ1) is 8.03. The molecule has 4 heteroatoms. The van der Waals surface area contributed by atoms with Crippen LogP contribution in [0.3, 0.4) is 0 Å². The van der Waals surface area contributed by atoms with Gasteiger partial charge in [0.2, 0.25) is 0 Å². The predicted molar refractivity (Wildman–Crippen MR) is 51.2 cm³/mol. The third kappa shape index (κ3) is 0.997. The monoisotopic (exact) mass is 191 g/mol. The van der Waals surface area contributed by atoms with E-state index in [4.69, 9.17) is 0 Å². The van der Waals surface area contributed by atoms with Gasteiger partial charge in [-0.05, 0) is 12.8 Å². The van der Waals surface area contributed by atoms with Gasteiger partial charge in [0.25, 0.3) is 5.91 Å². The number of amides is 1. The maximum Gasteiger partial charge on any atom is 0.271 e. The largest absolute Gasteiger partial charge is 0.350 e. The van der Waals surface area contributed by atoms with Crippen molar-refractivity contribution < 1.29 is 4.79 Å². The van der Waals surface area contributed by atoms with E-state index in [1.807, 2.05) is 0 Å². The number of nitrogens with zero attached hydrogens (tertiary/aromatic N) is 2. The second-order valence-corrected chi connectivity index (χ2v) is 3.94. The maximum atomic E-state index is 11.5. The molecule has 1 aromatic rings. The van der Waals surface area contributed by atoms with E-state index in [9.17, 15) is 4.79 Å². The fourth-order valence-electron chi connectivity index (χ4n) is 2.36. The molecule has 0 saturated carbocycles. The van der Waals surface area contributed by atoms with Gasteiger partial charge >= 0.3 is 0 Å². The van der Waals surface area contributed by atoms with E-state index >= 15 is 0 Å².